The molecule has 10 heteroatoms. The molecule has 198 valence electrons. The summed E-state index contributed by atoms with van der Waals surface area (Å²) < 4.78 is 14.8. The highest BCUT2D eigenvalue weighted by molar-refractivity contribution is 6.36. The van der Waals surface area contributed by atoms with Gasteiger partial charge in [-0.25, -0.2) is 4.39 Å². The lowest BCUT2D eigenvalue weighted by Gasteiger charge is -2.23. The predicted molar refractivity (Wildman–Crippen MR) is 156 cm³/mol. The predicted octanol–water partition coefficient (Wildman–Crippen LogP) is 6.84. The SMILES string of the molecule is C#Cc1cnc2c(Cl)cc(N[C@H](C3=CN(C(C)C)NN3)c3cccnc3C)cc2c1Nc1cccc(Cl)c1F. The molecule has 0 amide bonds. The van der Waals surface area contributed by atoms with Gasteiger partial charge in [-0.1, -0.05) is 41.3 Å². The van der Waals surface area contributed by atoms with Gasteiger partial charge in [-0.15, -0.1) is 12.0 Å². The zero-order valence-electron chi connectivity index (χ0n) is 21.5. The van der Waals surface area contributed by atoms with E-state index < -0.39 is 5.82 Å². The molecular weight excluding hydrogens is 536 g/mol. The molecule has 3 heterocycles. The van der Waals surface area contributed by atoms with Crippen LogP contribution in [0.5, 0.6) is 0 Å². The average Bonchev–Trinajstić information content (AvgIpc) is 3.41. The van der Waals surface area contributed by atoms with Crippen LogP contribution in [0.2, 0.25) is 10.0 Å². The molecule has 7 nitrogen and oxygen atoms in total. The van der Waals surface area contributed by atoms with E-state index in [2.05, 4.69) is 51.3 Å². The molecule has 1 aliphatic rings. The topological polar surface area (TPSA) is 77.1 Å². The molecule has 0 saturated carbocycles. The van der Waals surface area contributed by atoms with Crippen molar-refractivity contribution in [2.24, 2.45) is 0 Å². The van der Waals surface area contributed by atoms with Gasteiger partial charge in [-0.3, -0.25) is 15.0 Å². The smallest absolute Gasteiger partial charge is 0.165 e. The zero-order valence-corrected chi connectivity index (χ0v) is 23.0. The Bertz CT molecular complexity index is 1630. The summed E-state index contributed by atoms with van der Waals surface area (Å²) in [5, 5.41) is 9.72. The number of hydrogen-bond acceptors (Lipinski definition) is 7. The van der Waals surface area contributed by atoms with Gasteiger partial charge in [0.05, 0.1) is 44.2 Å². The van der Waals surface area contributed by atoms with E-state index in [1.807, 2.05) is 36.3 Å². The van der Waals surface area contributed by atoms with Gasteiger partial charge in [-0.2, -0.15) is 0 Å². The number of nitrogens with zero attached hydrogens (tertiary/aromatic N) is 3. The molecule has 0 spiro atoms. The van der Waals surface area contributed by atoms with Gasteiger partial charge in [-0.05, 0) is 51.1 Å². The number of rotatable bonds is 7. The first-order chi connectivity index (χ1) is 18.8. The standard InChI is InChI=1S/C29H26Cl2FN7/c1-5-18-14-34-28-21(27(18)36-24-10-6-9-22(30)26(24)32)12-19(13-23(28)31)35-29(20-8-7-11-33-17(20)4)25-15-39(16(2)3)38-37-25/h1,6-16,29,35,37-38H,2-4H3,(H,34,36)/t29-/m0/s1. The van der Waals surface area contributed by atoms with Crippen molar-refractivity contribution in [3.05, 3.63) is 99.4 Å². The number of aromatic nitrogens is 2. The number of benzene rings is 2. The van der Waals surface area contributed by atoms with Gasteiger partial charge in [0.2, 0.25) is 0 Å². The van der Waals surface area contributed by atoms with Crippen molar-refractivity contribution in [1.29, 1.82) is 0 Å². The fourth-order valence-electron chi connectivity index (χ4n) is 4.38. The summed E-state index contributed by atoms with van der Waals surface area (Å²) in [7, 11) is 0. The highest BCUT2D eigenvalue weighted by Gasteiger charge is 2.25. The van der Waals surface area contributed by atoms with Gasteiger partial charge in [0.25, 0.3) is 0 Å². The van der Waals surface area contributed by atoms with Crippen LogP contribution in [0.15, 0.2) is 66.8 Å². The molecule has 0 aliphatic carbocycles. The highest BCUT2D eigenvalue weighted by Crippen LogP contribution is 2.38. The lowest BCUT2D eigenvalue weighted by molar-refractivity contribution is 0.221. The monoisotopic (exact) mass is 561 g/mol. The molecule has 0 unspecified atom stereocenters. The fraction of sp³-hybridized carbons (Fsp3) is 0.172. The maximum atomic E-state index is 14.8. The van der Waals surface area contributed by atoms with E-state index in [0.29, 0.717) is 32.9 Å². The van der Waals surface area contributed by atoms with E-state index in [-0.39, 0.29) is 22.8 Å². The molecule has 1 atom stereocenters. The summed E-state index contributed by atoms with van der Waals surface area (Å²) in [4.78, 5) is 8.97. The van der Waals surface area contributed by atoms with Gasteiger partial charge < -0.3 is 16.1 Å². The van der Waals surface area contributed by atoms with Crippen molar-refractivity contribution in [2.45, 2.75) is 32.9 Å². The van der Waals surface area contributed by atoms with Gasteiger partial charge in [0, 0.05) is 47.0 Å². The number of terminal acetylenes is 1. The van der Waals surface area contributed by atoms with E-state index in [1.54, 1.807) is 24.4 Å². The van der Waals surface area contributed by atoms with Crippen LogP contribution >= 0.6 is 23.2 Å². The van der Waals surface area contributed by atoms with Crippen molar-refractivity contribution in [3.8, 4) is 12.3 Å². The third-order valence-electron chi connectivity index (χ3n) is 6.44. The second-order valence-electron chi connectivity index (χ2n) is 9.35. The van der Waals surface area contributed by atoms with E-state index in [9.17, 15) is 4.39 Å². The summed E-state index contributed by atoms with van der Waals surface area (Å²) in [6, 6.07) is 12.3. The number of hydrazine groups is 2. The van der Waals surface area contributed by atoms with Crippen molar-refractivity contribution < 1.29 is 4.39 Å². The van der Waals surface area contributed by atoms with Crippen LogP contribution in [-0.2, 0) is 0 Å². The first-order valence-corrected chi connectivity index (χ1v) is 13.0. The lowest BCUT2D eigenvalue weighted by Crippen LogP contribution is -2.41. The molecule has 0 fully saturated rings. The summed E-state index contributed by atoms with van der Waals surface area (Å²) in [5.41, 5.74) is 11.6. The Morgan fingerprint density at radius 3 is 2.64 bits per heavy atom. The number of fused-ring (bicyclic) bond motifs is 1. The number of anilines is 3. The summed E-state index contributed by atoms with van der Waals surface area (Å²) in [6.07, 6.45) is 11.1. The Morgan fingerprint density at radius 2 is 1.92 bits per heavy atom. The average molecular weight is 562 g/mol. The molecule has 0 radical (unpaired) electrons. The van der Waals surface area contributed by atoms with Crippen LogP contribution in [0.4, 0.5) is 21.5 Å². The van der Waals surface area contributed by atoms with Crippen LogP contribution in [-0.4, -0.2) is 21.0 Å². The van der Waals surface area contributed by atoms with Crippen molar-refractivity contribution in [3.63, 3.8) is 0 Å². The number of nitrogens with one attached hydrogen (secondary N) is 4. The molecule has 0 bridgehead atoms. The largest absolute Gasteiger partial charge is 0.373 e. The van der Waals surface area contributed by atoms with E-state index in [0.717, 1.165) is 17.0 Å². The van der Waals surface area contributed by atoms with Crippen LogP contribution in [0.1, 0.15) is 36.7 Å². The number of hydrogen-bond donors (Lipinski definition) is 4. The van der Waals surface area contributed by atoms with Crippen molar-refractivity contribution in [1.82, 2.24) is 25.9 Å². The van der Waals surface area contributed by atoms with E-state index in [1.165, 1.54) is 12.3 Å². The second kappa shape index (κ2) is 11.0. The minimum absolute atomic E-state index is 0.00270. The molecule has 4 N–H and O–H groups in total. The Balaban J connectivity index is 1.62. The van der Waals surface area contributed by atoms with E-state index in [4.69, 9.17) is 29.6 Å². The van der Waals surface area contributed by atoms with Crippen LogP contribution in [0, 0.1) is 25.1 Å². The summed E-state index contributed by atoms with van der Waals surface area (Å²) in [6.45, 7) is 6.13. The maximum Gasteiger partial charge on any atom is 0.165 e. The number of aryl methyl sites for hydroxylation is 1. The molecule has 2 aromatic carbocycles. The summed E-state index contributed by atoms with van der Waals surface area (Å²) >= 11 is 12.8. The lowest BCUT2D eigenvalue weighted by atomic mass is 10.0. The van der Waals surface area contributed by atoms with Crippen LogP contribution < -0.4 is 21.6 Å². The van der Waals surface area contributed by atoms with Gasteiger partial charge in [0.15, 0.2) is 5.82 Å². The Morgan fingerprint density at radius 1 is 1.10 bits per heavy atom. The zero-order chi connectivity index (χ0) is 27.7. The number of halogens is 3. The minimum atomic E-state index is -0.582. The normalized spacial score (nSPS) is 13.7. The molecule has 4 aromatic rings. The van der Waals surface area contributed by atoms with Crippen LogP contribution in [0.3, 0.4) is 0 Å². The molecule has 2 aromatic heterocycles. The van der Waals surface area contributed by atoms with Crippen molar-refractivity contribution >= 4 is 51.2 Å². The first-order valence-electron chi connectivity index (χ1n) is 12.3. The van der Waals surface area contributed by atoms with Crippen LogP contribution in [0.25, 0.3) is 10.9 Å². The quantitative estimate of drug-likeness (QED) is 0.184. The molecule has 1 aliphatic heterocycles. The first kappa shape index (κ1) is 26.6. The minimum Gasteiger partial charge on any atom is -0.373 e. The molecule has 5 rings (SSSR count). The van der Waals surface area contributed by atoms with Gasteiger partial charge in [0.1, 0.15) is 0 Å². The highest BCUT2D eigenvalue weighted by atomic mass is 35.5. The fourth-order valence-corrected chi connectivity index (χ4v) is 4.82. The Kier molecular flexibility index (Phi) is 7.49. The Hall–Kier alpha value is -4.03. The maximum absolute atomic E-state index is 14.8. The third kappa shape index (κ3) is 5.30. The third-order valence-corrected chi connectivity index (χ3v) is 7.02. The number of pyridine rings is 2. The summed E-state index contributed by atoms with van der Waals surface area (Å²) in [5.74, 6) is 2.05. The second-order valence-corrected chi connectivity index (χ2v) is 10.2. The Labute approximate surface area is 236 Å². The van der Waals surface area contributed by atoms with E-state index >= 15 is 0 Å². The molecule has 39 heavy (non-hydrogen) atoms. The molecule has 0 saturated heterocycles. The van der Waals surface area contributed by atoms with Crippen molar-refractivity contribution in [2.75, 3.05) is 10.6 Å². The molecular formula is C29H26Cl2FN7. The van der Waals surface area contributed by atoms with Gasteiger partial charge >= 0.3 is 0 Å².